The molecule has 36 heavy (non-hydrogen) atoms. The largest absolute Gasteiger partial charge is 0.478 e. The van der Waals surface area contributed by atoms with Crippen molar-refractivity contribution >= 4 is 23.4 Å². The number of nitrogens with zero attached hydrogens (tertiary/aromatic N) is 3. The minimum absolute atomic E-state index is 0.103. The fourth-order valence-corrected chi connectivity index (χ4v) is 4.76. The molecule has 0 bridgehead atoms. The van der Waals surface area contributed by atoms with Crippen LogP contribution >= 0.6 is 0 Å². The first-order valence-electron chi connectivity index (χ1n) is 12.9. The zero-order valence-corrected chi connectivity index (χ0v) is 23.0. The van der Waals surface area contributed by atoms with Crippen molar-refractivity contribution < 1.29 is 15.0 Å². The van der Waals surface area contributed by atoms with Crippen molar-refractivity contribution in [3.63, 3.8) is 0 Å². The van der Waals surface area contributed by atoms with Gasteiger partial charge in [-0.2, -0.15) is 0 Å². The molecule has 0 aliphatic carbocycles. The Labute approximate surface area is 216 Å². The molecule has 0 amide bonds. The quantitative estimate of drug-likeness (QED) is 0.522. The van der Waals surface area contributed by atoms with Crippen LogP contribution in [0.5, 0.6) is 0 Å². The van der Waals surface area contributed by atoms with Crippen molar-refractivity contribution in [2.24, 2.45) is 5.92 Å². The summed E-state index contributed by atoms with van der Waals surface area (Å²) in [4.78, 5) is 18.3. The summed E-state index contributed by atoms with van der Waals surface area (Å²) < 4.78 is 0. The molecule has 1 aliphatic heterocycles. The van der Waals surface area contributed by atoms with E-state index in [2.05, 4.69) is 75.5 Å². The maximum absolute atomic E-state index is 11.2. The van der Waals surface area contributed by atoms with Crippen LogP contribution < -0.4 is 9.80 Å². The molecule has 2 aromatic carbocycles. The van der Waals surface area contributed by atoms with Crippen molar-refractivity contribution in [1.29, 1.82) is 0 Å². The van der Waals surface area contributed by atoms with Crippen molar-refractivity contribution in [2.45, 2.75) is 46.1 Å². The van der Waals surface area contributed by atoms with E-state index in [4.69, 9.17) is 5.11 Å². The van der Waals surface area contributed by atoms with Gasteiger partial charge in [0.25, 0.3) is 0 Å². The number of aliphatic hydroxyl groups is 1. The van der Waals surface area contributed by atoms with E-state index in [0.717, 1.165) is 43.9 Å². The fourth-order valence-electron chi connectivity index (χ4n) is 4.76. The van der Waals surface area contributed by atoms with Crippen LogP contribution in [0.15, 0.2) is 42.5 Å². The summed E-state index contributed by atoms with van der Waals surface area (Å²) in [6, 6.07) is 11.0. The summed E-state index contributed by atoms with van der Waals surface area (Å²) in [5, 5.41) is 20.4. The topological polar surface area (TPSA) is 67.2 Å². The first kappa shape index (κ1) is 27.8. The van der Waals surface area contributed by atoms with E-state index in [1.807, 2.05) is 6.08 Å². The van der Waals surface area contributed by atoms with Crippen LogP contribution in [0.25, 0.3) is 6.08 Å². The molecule has 1 fully saturated rings. The number of benzene rings is 2. The highest BCUT2D eigenvalue weighted by Gasteiger charge is 2.28. The van der Waals surface area contributed by atoms with Gasteiger partial charge in [-0.25, -0.2) is 4.79 Å². The second-order valence-corrected chi connectivity index (χ2v) is 11.5. The predicted octanol–water partition coefficient (Wildman–Crippen LogP) is 5.27. The van der Waals surface area contributed by atoms with Crippen molar-refractivity contribution in [3.8, 4) is 0 Å². The molecule has 0 radical (unpaired) electrons. The Bertz CT molecular complexity index is 1060. The summed E-state index contributed by atoms with van der Waals surface area (Å²) in [7, 11) is 4.35. The van der Waals surface area contributed by atoms with Crippen LogP contribution in [-0.4, -0.2) is 67.9 Å². The van der Waals surface area contributed by atoms with Crippen LogP contribution in [0.2, 0.25) is 0 Å². The number of hydrogen-bond acceptors (Lipinski definition) is 5. The van der Waals surface area contributed by atoms with E-state index in [0.29, 0.717) is 5.92 Å². The molecule has 0 aromatic heterocycles. The van der Waals surface area contributed by atoms with Crippen LogP contribution in [-0.2, 0) is 5.41 Å². The maximum Gasteiger partial charge on any atom is 0.335 e. The summed E-state index contributed by atoms with van der Waals surface area (Å²) >= 11 is 0. The number of piperazine rings is 1. The number of aliphatic hydroxyl groups excluding tert-OH is 1. The molecule has 1 saturated heterocycles. The number of rotatable bonds is 8. The highest BCUT2D eigenvalue weighted by atomic mass is 16.4. The molecule has 3 rings (SSSR count). The number of hydrogen-bond donors (Lipinski definition) is 2. The number of anilines is 2. The summed E-state index contributed by atoms with van der Waals surface area (Å²) in [6.07, 6.45) is 2.85. The van der Waals surface area contributed by atoms with Gasteiger partial charge in [0.2, 0.25) is 0 Å². The van der Waals surface area contributed by atoms with Crippen molar-refractivity contribution in [2.75, 3.05) is 56.6 Å². The minimum atomic E-state index is -0.945. The average molecular weight is 494 g/mol. The van der Waals surface area contributed by atoms with Crippen molar-refractivity contribution in [1.82, 2.24) is 4.90 Å². The van der Waals surface area contributed by atoms with Gasteiger partial charge >= 0.3 is 5.97 Å². The Kier molecular flexibility index (Phi) is 8.85. The smallest absolute Gasteiger partial charge is 0.335 e. The third-order valence-corrected chi connectivity index (χ3v) is 6.75. The van der Waals surface area contributed by atoms with E-state index in [1.54, 1.807) is 30.3 Å². The van der Waals surface area contributed by atoms with Gasteiger partial charge in [-0.1, -0.05) is 65.0 Å². The third kappa shape index (κ3) is 6.89. The van der Waals surface area contributed by atoms with E-state index in [9.17, 15) is 9.90 Å². The molecule has 6 heteroatoms. The van der Waals surface area contributed by atoms with Gasteiger partial charge in [0, 0.05) is 39.8 Å². The lowest BCUT2D eigenvalue weighted by Crippen LogP contribution is -2.45. The van der Waals surface area contributed by atoms with Crippen LogP contribution in [0.3, 0.4) is 0 Å². The van der Waals surface area contributed by atoms with Gasteiger partial charge in [-0.15, -0.1) is 0 Å². The molecular weight excluding hydrogens is 450 g/mol. The Morgan fingerprint density at radius 2 is 1.69 bits per heavy atom. The highest BCUT2D eigenvalue weighted by molar-refractivity contribution is 5.87. The summed E-state index contributed by atoms with van der Waals surface area (Å²) in [5.74, 6) is -0.414. The Hall–Kier alpha value is -2.83. The van der Waals surface area contributed by atoms with Gasteiger partial charge in [0.05, 0.1) is 23.0 Å². The lowest BCUT2D eigenvalue weighted by Gasteiger charge is -2.40. The third-order valence-electron chi connectivity index (χ3n) is 6.75. The molecule has 2 N–H and O–H groups in total. The lowest BCUT2D eigenvalue weighted by atomic mass is 9.82. The average Bonchev–Trinajstić information content (AvgIpc) is 2.81. The highest BCUT2D eigenvalue weighted by Crippen LogP contribution is 2.42. The molecule has 6 nitrogen and oxygen atoms in total. The summed E-state index contributed by atoms with van der Waals surface area (Å²) in [5.41, 5.74) is 5.54. The number of aromatic carboxylic acids is 1. The van der Waals surface area contributed by atoms with Crippen molar-refractivity contribution in [3.05, 3.63) is 64.7 Å². The van der Waals surface area contributed by atoms with Gasteiger partial charge in [-0.05, 0) is 53.3 Å². The van der Waals surface area contributed by atoms with Crippen LogP contribution in [0, 0.1) is 5.92 Å². The van der Waals surface area contributed by atoms with Crippen LogP contribution in [0.1, 0.15) is 67.8 Å². The van der Waals surface area contributed by atoms with Gasteiger partial charge in [-0.3, -0.25) is 0 Å². The first-order valence-corrected chi connectivity index (χ1v) is 12.9. The monoisotopic (exact) mass is 493 g/mol. The zero-order valence-electron chi connectivity index (χ0n) is 23.0. The molecule has 1 heterocycles. The zero-order chi connectivity index (χ0) is 26.6. The molecule has 1 aliphatic rings. The molecule has 1 atom stereocenters. The van der Waals surface area contributed by atoms with Gasteiger partial charge < -0.3 is 24.9 Å². The van der Waals surface area contributed by atoms with E-state index < -0.39 is 12.1 Å². The predicted molar refractivity (Wildman–Crippen MR) is 150 cm³/mol. The normalized spacial score (nSPS) is 16.1. The van der Waals surface area contributed by atoms with Crippen LogP contribution in [0.4, 0.5) is 11.4 Å². The van der Waals surface area contributed by atoms with E-state index >= 15 is 0 Å². The van der Waals surface area contributed by atoms with Gasteiger partial charge in [0.1, 0.15) is 0 Å². The molecule has 0 saturated carbocycles. The van der Waals surface area contributed by atoms with Gasteiger partial charge in [0.15, 0.2) is 0 Å². The number of carbonyl (C=O) groups is 1. The summed E-state index contributed by atoms with van der Waals surface area (Å²) in [6.45, 7) is 16.1. The molecule has 0 spiro atoms. The second kappa shape index (κ2) is 11.5. The number of carboxylic acid groups (broad SMARTS) is 1. The Morgan fingerprint density at radius 1 is 1.08 bits per heavy atom. The van der Waals surface area contributed by atoms with E-state index in [-0.39, 0.29) is 11.0 Å². The number of likely N-dealkylation sites (N-methyl/N-ethyl adjacent to an activating group) is 1. The molecule has 196 valence electrons. The fraction of sp³-hybridized carbons (Fsp3) is 0.500. The molecule has 2 aromatic rings. The minimum Gasteiger partial charge on any atom is -0.478 e. The Balaban J connectivity index is 2.04. The SMILES string of the molecule is CC(C)CN(C)c1c(N2CCN(C)CC2)cc(C(O)C=Cc2ccc(C(=O)O)cc2)cc1C(C)(C)C. The standard InChI is InChI=1S/C30H43N3O3/c1-21(2)20-32(7)28-25(30(3,4)5)18-24(19-26(28)33-16-14-31(6)15-17-33)27(34)13-10-22-8-11-23(12-9-22)29(35)36/h8-13,18-19,21,27,34H,14-17,20H2,1-7H3,(H,35,36). The van der Waals surface area contributed by atoms with E-state index in [1.165, 1.54) is 16.9 Å². The number of carboxylic acids is 1. The Morgan fingerprint density at radius 3 is 2.22 bits per heavy atom. The molecule has 1 unspecified atom stereocenters. The molecular formula is C30H43N3O3. The maximum atomic E-state index is 11.2. The lowest BCUT2D eigenvalue weighted by molar-refractivity contribution is 0.0697. The first-order chi connectivity index (χ1) is 16.9. The second-order valence-electron chi connectivity index (χ2n) is 11.5.